The first-order valence-corrected chi connectivity index (χ1v) is 6.69. The number of ether oxygens (including phenoxy) is 1. The molecule has 0 fully saturated rings. The Kier molecular flexibility index (Phi) is 5.56. The Balaban J connectivity index is 3.15. The quantitative estimate of drug-likeness (QED) is 0.374. The van der Waals surface area contributed by atoms with Crippen molar-refractivity contribution in [2.45, 2.75) is 0 Å². The van der Waals surface area contributed by atoms with Crippen LogP contribution in [0, 0.1) is 15.9 Å². The lowest BCUT2D eigenvalue weighted by Gasteiger charge is -2.08. The zero-order valence-electron chi connectivity index (χ0n) is 10.4. The molecule has 0 radical (unpaired) electrons. The summed E-state index contributed by atoms with van der Waals surface area (Å²) in [5, 5.41) is 13.6. The van der Waals surface area contributed by atoms with Crippen molar-refractivity contribution in [3.63, 3.8) is 0 Å². The predicted octanol–water partition coefficient (Wildman–Crippen LogP) is 2.30. The van der Waals surface area contributed by atoms with Crippen LogP contribution in [0.15, 0.2) is 12.1 Å². The molecule has 0 heterocycles. The van der Waals surface area contributed by atoms with Crippen LogP contribution in [0.1, 0.15) is 10.4 Å². The van der Waals surface area contributed by atoms with E-state index in [4.69, 9.17) is 0 Å². The summed E-state index contributed by atoms with van der Waals surface area (Å²) in [5.41, 5.74) is -0.646. The summed E-state index contributed by atoms with van der Waals surface area (Å²) in [6.45, 7) is 0.467. The van der Waals surface area contributed by atoms with Gasteiger partial charge in [0, 0.05) is 12.3 Å². The van der Waals surface area contributed by atoms with Gasteiger partial charge >= 0.3 is 5.97 Å². The maximum atomic E-state index is 13.6. The van der Waals surface area contributed by atoms with Gasteiger partial charge < -0.3 is 10.1 Å². The average molecular weight is 288 g/mol. The van der Waals surface area contributed by atoms with E-state index in [2.05, 4.69) is 10.1 Å². The number of carbonyl (C=O) groups excluding carboxylic acids is 1. The van der Waals surface area contributed by atoms with Crippen molar-refractivity contribution in [3.8, 4) is 0 Å². The van der Waals surface area contributed by atoms with Crippen LogP contribution in [0.2, 0.25) is 0 Å². The second-order valence-corrected chi connectivity index (χ2v) is 4.50. The standard InChI is InChI=1S/C11H13FN2O4S/c1-18-11(15)7-5-9(13-3-4-19-2)10(14(16)17)6-8(7)12/h5-6,13H,3-4H2,1-2H3. The number of esters is 1. The molecule has 0 atom stereocenters. The lowest BCUT2D eigenvalue weighted by atomic mass is 10.1. The number of methoxy groups -OCH3 is 1. The molecule has 0 unspecified atom stereocenters. The highest BCUT2D eigenvalue weighted by molar-refractivity contribution is 7.98. The number of carbonyl (C=O) groups is 1. The topological polar surface area (TPSA) is 81.5 Å². The van der Waals surface area contributed by atoms with E-state index in [1.54, 1.807) is 11.8 Å². The van der Waals surface area contributed by atoms with Crippen LogP contribution >= 0.6 is 11.8 Å². The average Bonchev–Trinajstić information content (AvgIpc) is 2.39. The minimum Gasteiger partial charge on any atom is -0.465 e. The maximum Gasteiger partial charge on any atom is 0.340 e. The van der Waals surface area contributed by atoms with Crippen molar-refractivity contribution >= 4 is 29.1 Å². The van der Waals surface area contributed by atoms with Crippen LogP contribution < -0.4 is 5.32 Å². The third-order valence-corrected chi connectivity index (χ3v) is 2.92. The molecular formula is C11H13FN2O4S. The Hall–Kier alpha value is -1.83. The highest BCUT2D eigenvalue weighted by Crippen LogP contribution is 2.28. The SMILES string of the molecule is COC(=O)c1cc(NCCSC)c([N+](=O)[O-])cc1F. The number of nitro benzene ring substituents is 1. The first-order valence-electron chi connectivity index (χ1n) is 5.30. The normalized spacial score (nSPS) is 10.1. The van der Waals surface area contributed by atoms with Gasteiger partial charge in [0.2, 0.25) is 0 Å². The minimum absolute atomic E-state index is 0.0980. The number of nitrogens with one attached hydrogen (secondary N) is 1. The molecule has 19 heavy (non-hydrogen) atoms. The fourth-order valence-corrected chi connectivity index (χ4v) is 1.72. The Morgan fingerprint density at radius 3 is 2.79 bits per heavy atom. The molecule has 0 saturated heterocycles. The molecule has 0 saturated carbocycles. The van der Waals surface area contributed by atoms with Crippen molar-refractivity contribution < 1.29 is 18.8 Å². The van der Waals surface area contributed by atoms with Crippen molar-refractivity contribution in [2.75, 3.05) is 31.0 Å². The number of nitro groups is 1. The molecule has 1 aromatic carbocycles. The second kappa shape index (κ2) is 6.93. The van der Waals surface area contributed by atoms with Crippen molar-refractivity contribution in [2.24, 2.45) is 0 Å². The monoisotopic (exact) mass is 288 g/mol. The molecule has 0 aliphatic carbocycles. The number of hydrogen-bond acceptors (Lipinski definition) is 6. The van der Waals surface area contributed by atoms with Crippen molar-refractivity contribution in [1.82, 2.24) is 0 Å². The predicted molar refractivity (Wildman–Crippen MR) is 71.3 cm³/mol. The minimum atomic E-state index is -0.978. The molecule has 104 valence electrons. The molecule has 1 rings (SSSR count). The summed E-state index contributed by atoms with van der Waals surface area (Å²) >= 11 is 1.56. The summed E-state index contributed by atoms with van der Waals surface area (Å²) in [6.07, 6.45) is 1.89. The van der Waals surface area contributed by atoms with E-state index in [9.17, 15) is 19.3 Å². The van der Waals surface area contributed by atoms with Crippen LogP contribution in [0.5, 0.6) is 0 Å². The van der Waals surface area contributed by atoms with E-state index in [1.165, 1.54) is 0 Å². The molecule has 6 nitrogen and oxygen atoms in total. The van der Waals surface area contributed by atoms with Gasteiger partial charge in [-0.25, -0.2) is 9.18 Å². The number of nitrogens with zero attached hydrogens (tertiary/aromatic N) is 1. The molecule has 0 aliphatic rings. The zero-order chi connectivity index (χ0) is 14.4. The first-order chi connectivity index (χ1) is 9.01. The van der Waals surface area contributed by atoms with Crippen LogP contribution in [-0.4, -0.2) is 36.6 Å². The molecule has 0 bridgehead atoms. The maximum absolute atomic E-state index is 13.6. The van der Waals surface area contributed by atoms with Crippen LogP contribution in [0.3, 0.4) is 0 Å². The summed E-state index contributed by atoms with van der Waals surface area (Å²) < 4.78 is 18.0. The summed E-state index contributed by atoms with van der Waals surface area (Å²) in [7, 11) is 1.12. The van der Waals surface area contributed by atoms with Gasteiger partial charge in [-0.1, -0.05) is 0 Å². The summed E-state index contributed by atoms with van der Waals surface area (Å²) in [5.74, 6) is -1.13. The van der Waals surface area contributed by atoms with Gasteiger partial charge in [-0.2, -0.15) is 11.8 Å². The fraction of sp³-hybridized carbons (Fsp3) is 0.364. The van der Waals surface area contributed by atoms with Crippen molar-refractivity contribution in [1.29, 1.82) is 0 Å². The smallest absolute Gasteiger partial charge is 0.340 e. The number of anilines is 1. The van der Waals surface area contributed by atoms with Gasteiger partial charge in [-0.3, -0.25) is 10.1 Å². The molecule has 1 N–H and O–H groups in total. The largest absolute Gasteiger partial charge is 0.465 e. The summed E-state index contributed by atoms with van der Waals surface area (Å²) in [4.78, 5) is 21.5. The van der Waals surface area contributed by atoms with E-state index in [-0.39, 0.29) is 11.3 Å². The third-order valence-electron chi connectivity index (χ3n) is 2.31. The van der Waals surface area contributed by atoms with Gasteiger partial charge in [-0.05, 0) is 12.3 Å². The zero-order valence-corrected chi connectivity index (χ0v) is 11.3. The van der Waals surface area contributed by atoms with Crippen LogP contribution in [0.25, 0.3) is 0 Å². The van der Waals surface area contributed by atoms with Crippen LogP contribution in [-0.2, 0) is 4.74 Å². The highest BCUT2D eigenvalue weighted by atomic mass is 32.2. The number of halogens is 1. The molecule has 1 aromatic rings. The fourth-order valence-electron chi connectivity index (χ4n) is 1.41. The van der Waals surface area contributed by atoms with E-state index in [1.807, 2.05) is 6.26 Å². The van der Waals surface area contributed by atoms with Gasteiger partial charge in [-0.15, -0.1) is 0 Å². The van der Waals surface area contributed by atoms with E-state index >= 15 is 0 Å². The number of thioether (sulfide) groups is 1. The van der Waals surface area contributed by atoms with Gasteiger partial charge in [0.15, 0.2) is 0 Å². The molecular weight excluding hydrogens is 275 g/mol. The van der Waals surface area contributed by atoms with E-state index in [0.717, 1.165) is 18.9 Å². The number of rotatable bonds is 6. The Morgan fingerprint density at radius 1 is 1.58 bits per heavy atom. The molecule has 0 spiro atoms. The van der Waals surface area contributed by atoms with E-state index in [0.29, 0.717) is 12.6 Å². The Labute approximate surface area is 113 Å². The molecule has 0 amide bonds. The van der Waals surface area contributed by atoms with Crippen LogP contribution in [0.4, 0.5) is 15.8 Å². The summed E-state index contributed by atoms with van der Waals surface area (Å²) in [6, 6.07) is 1.81. The van der Waals surface area contributed by atoms with Crippen molar-refractivity contribution in [3.05, 3.63) is 33.6 Å². The second-order valence-electron chi connectivity index (χ2n) is 3.52. The van der Waals surface area contributed by atoms with Gasteiger partial charge in [0.1, 0.15) is 11.5 Å². The van der Waals surface area contributed by atoms with E-state index < -0.39 is 22.4 Å². The number of hydrogen-bond donors (Lipinski definition) is 1. The molecule has 0 aromatic heterocycles. The lowest BCUT2D eigenvalue weighted by molar-refractivity contribution is -0.384. The Morgan fingerprint density at radius 2 is 2.26 bits per heavy atom. The first kappa shape index (κ1) is 15.2. The molecule has 8 heteroatoms. The lowest BCUT2D eigenvalue weighted by Crippen LogP contribution is -2.10. The van der Waals surface area contributed by atoms with Gasteiger partial charge in [0.05, 0.1) is 23.7 Å². The molecule has 0 aliphatic heterocycles. The third kappa shape index (κ3) is 3.82. The Bertz CT molecular complexity index is 496. The van der Waals surface area contributed by atoms with Gasteiger partial charge in [0.25, 0.3) is 5.69 Å². The number of benzene rings is 1. The highest BCUT2D eigenvalue weighted by Gasteiger charge is 2.22.